The molecule has 0 saturated carbocycles. The van der Waals surface area contributed by atoms with E-state index in [0.29, 0.717) is 18.3 Å². The molecule has 0 unspecified atom stereocenters. The lowest BCUT2D eigenvalue weighted by Crippen LogP contribution is -2.36. The Morgan fingerprint density at radius 2 is 2.20 bits per heavy atom. The van der Waals surface area contributed by atoms with Crippen molar-refractivity contribution in [1.29, 1.82) is 0 Å². The second kappa shape index (κ2) is 8.11. The maximum absolute atomic E-state index is 11.9. The zero-order chi connectivity index (χ0) is 17.6. The van der Waals surface area contributed by atoms with E-state index in [9.17, 15) is 4.79 Å². The van der Waals surface area contributed by atoms with Crippen LogP contribution in [0.2, 0.25) is 0 Å². The second-order valence-corrected chi connectivity index (χ2v) is 6.48. The van der Waals surface area contributed by atoms with E-state index in [1.165, 1.54) is 17.5 Å². The van der Waals surface area contributed by atoms with Gasteiger partial charge in [-0.3, -0.25) is 10.00 Å². The third kappa shape index (κ3) is 4.57. The zero-order valence-electron chi connectivity index (χ0n) is 14.9. The smallest absolute Gasteiger partial charge is 0.320 e. The molecule has 0 bridgehead atoms. The number of hydrogen-bond acceptors (Lipinski definition) is 4. The summed E-state index contributed by atoms with van der Waals surface area (Å²) in [6.45, 7) is 8.49. The molecule has 7 heteroatoms. The number of carbonyl (C=O) groups excluding carboxylic acids is 1. The molecule has 7 nitrogen and oxygen atoms in total. The number of rotatable bonds is 6. The minimum absolute atomic E-state index is 0.238. The SMILES string of the molecule is CCn1cc(NC(=O)NCCN2CC[C@@H](c3ccccc3C)C2)nn1. The summed E-state index contributed by atoms with van der Waals surface area (Å²) in [5.74, 6) is 1.07. The molecule has 25 heavy (non-hydrogen) atoms. The summed E-state index contributed by atoms with van der Waals surface area (Å²) in [4.78, 5) is 14.3. The molecular weight excluding hydrogens is 316 g/mol. The highest BCUT2D eigenvalue weighted by atomic mass is 16.2. The number of carbonyl (C=O) groups is 1. The molecule has 2 N–H and O–H groups in total. The van der Waals surface area contributed by atoms with Crippen molar-refractivity contribution >= 4 is 11.8 Å². The summed E-state index contributed by atoms with van der Waals surface area (Å²) >= 11 is 0. The average Bonchev–Trinajstić information content (AvgIpc) is 3.25. The van der Waals surface area contributed by atoms with E-state index < -0.39 is 0 Å². The van der Waals surface area contributed by atoms with Gasteiger partial charge < -0.3 is 10.2 Å². The summed E-state index contributed by atoms with van der Waals surface area (Å²) in [5.41, 5.74) is 2.82. The fraction of sp³-hybridized carbons (Fsp3) is 0.500. The maximum atomic E-state index is 11.9. The summed E-state index contributed by atoms with van der Waals surface area (Å²) < 4.78 is 1.67. The van der Waals surface area contributed by atoms with Crippen LogP contribution in [-0.2, 0) is 6.54 Å². The Morgan fingerprint density at radius 1 is 1.36 bits per heavy atom. The van der Waals surface area contributed by atoms with Gasteiger partial charge in [0.15, 0.2) is 5.82 Å². The predicted molar refractivity (Wildman–Crippen MR) is 97.7 cm³/mol. The van der Waals surface area contributed by atoms with Gasteiger partial charge in [-0.1, -0.05) is 29.5 Å². The Hall–Kier alpha value is -2.41. The molecule has 0 radical (unpaired) electrons. The van der Waals surface area contributed by atoms with Gasteiger partial charge >= 0.3 is 6.03 Å². The van der Waals surface area contributed by atoms with Crippen molar-refractivity contribution in [3.05, 3.63) is 41.6 Å². The lowest BCUT2D eigenvalue weighted by molar-refractivity contribution is 0.249. The zero-order valence-corrected chi connectivity index (χ0v) is 14.9. The molecule has 2 amide bonds. The molecule has 0 aliphatic carbocycles. The van der Waals surface area contributed by atoms with E-state index in [2.05, 4.69) is 57.0 Å². The Morgan fingerprint density at radius 3 is 2.96 bits per heavy atom. The third-order valence-corrected chi connectivity index (χ3v) is 4.72. The largest absolute Gasteiger partial charge is 0.337 e. The predicted octanol–water partition coefficient (Wildman–Crippen LogP) is 2.22. The van der Waals surface area contributed by atoms with E-state index in [-0.39, 0.29) is 6.03 Å². The van der Waals surface area contributed by atoms with Crippen LogP contribution in [0, 0.1) is 6.92 Å². The normalized spacial score (nSPS) is 17.6. The highest BCUT2D eigenvalue weighted by molar-refractivity contribution is 5.87. The van der Waals surface area contributed by atoms with Crippen LogP contribution in [0.4, 0.5) is 10.6 Å². The van der Waals surface area contributed by atoms with Crippen LogP contribution in [-0.4, -0.2) is 52.1 Å². The number of anilines is 1. The van der Waals surface area contributed by atoms with E-state index in [4.69, 9.17) is 0 Å². The van der Waals surface area contributed by atoms with Gasteiger partial charge in [-0.2, -0.15) is 0 Å². The fourth-order valence-electron chi connectivity index (χ4n) is 3.33. The molecule has 2 aromatic rings. The molecule has 1 aromatic carbocycles. The van der Waals surface area contributed by atoms with Gasteiger partial charge in [0.2, 0.25) is 0 Å². The van der Waals surface area contributed by atoms with Crippen molar-refractivity contribution in [3.8, 4) is 0 Å². The summed E-state index contributed by atoms with van der Waals surface area (Å²) in [5, 5.41) is 13.4. The number of amides is 2. The van der Waals surface area contributed by atoms with E-state index in [1.807, 2.05) is 6.92 Å². The van der Waals surface area contributed by atoms with E-state index >= 15 is 0 Å². The quantitative estimate of drug-likeness (QED) is 0.844. The van der Waals surface area contributed by atoms with Gasteiger partial charge in [0, 0.05) is 26.2 Å². The Balaban J connectivity index is 1.39. The van der Waals surface area contributed by atoms with Crippen molar-refractivity contribution in [2.24, 2.45) is 0 Å². The summed E-state index contributed by atoms with van der Waals surface area (Å²) in [7, 11) is 0. The molecule has 1 aliphatic heterocycles. The van der Waals surface area contributed by atoms with Crippen LogP contribution in [0.1, 0.15) is 30.4 Å². The number of nitrogens with one attached hydrogen (secondary N) is 2. The van der Waals surface area contributed by atoms with Crippen molar-refractivity contribution < 1.29 is 4.79 Å². The first-order valence-electron chi connectivity index (χ1n) is 8.88. The molecule has 1 aromatic heterocycles. The first-order chi connectivity index (χ1) is 12.2. The third-order valence-electron chi connectivity index (χ3n) is 4.72. The van der Waals surface area contributed by atoms with Crippen molar-refractivity contribution in [3.63, 3.8) is 0 Å². The Kier molecular flexibility index (Phi) is 5.65. The van der Waals surface area contributed by atoms with Gasteiger partial charge in [0.1, 0.15) is 0 Å². The standard InChI is InChI=1S/C18H26N6O/c1-3-24-13-17(21-22-24)20-18(25)19-9-11-23-10-8-15(12-23)16-7-5-4-6-14(16)2/h4-7,13,15H,3,8-12H2,1-2H3,(H2,19,20,25)/t15-/m1/s1. The minimum atomic E-state index is -0.238. The number of aromatic nitrogens is 3. The number of hydrogen-bond donors (Lipinski definition) is 2. The molecule has 0 spiro atoms. The summed E-state index contributed by atoms with van der Waals surface area (Å²) in [6, 6.07) is 8.38. The highest BCUT2D eigenvalue weighted by Gasteiger charge is 2.24. The van der Waals surface area contributed by atoms with Crippen LogP contribution < -0.4 is 10.6 Å². The van der Waals surface area contributed by atoms with E-state index in [0.717, 1.165) is 26.2 Å². The average molecular weight is 342 g/mol. The highest BCUT2D eigenvalue weighted by Crippen LogP contribution is 2.28. The van der Waals surface area contributed by atoms with Gasteiger partial charge in [0.25, 0.3) is 0 Å². The van der Waals surface area contributed by atoms with E-state index in [1.54, 1.807) is 10.9 Å². The molecular formula is C18H26N6O. The molecule has 2 heterocycles. The molecule has 1 saturated heterocycles. The lowest BCUT2D eigenvalue weighted by atomic mass is 9.94. The number of aryl methyl sites for hydroxylation is 2. The van der Waals surface area contributed by atoms with Gasteiger partial charge in [-0.15, -0.1) is 5.10 Å². The van der Waals surface area contributed by atoms with Crippen LogP contribution >= 0.6 is 0 Å². The maximum Gasteiger partial charge on any atom is 0.320 e. The van der Waals surface area contributed by atoms with Crippen LogP contribution in [0.5, 0.6) is 0 Å². The Bertz CT molecular complexity index is 713. The Labute approximate surface area is 148 Å². The first kappa shape index (κ1) is 17.4. The van der Waals surface area contributed by atoms with Crippen molar-refractivity contribution in [1.82, 2.24) is 25.2 Å². The molecule has 1 aliphatic rings. The van der Waals surface area contributed by atoms with Crippen LogP contribution in [0.25, 0.3) is 0 Å². The molecule has 1 fully saturated rings. The van der Waals surface area contributed by atoms with Crippen molar-refractivity contribution in [2.75, 3.05) is 31.5 Å². The number of urea groups is 1. The van der Waals surface area contributed by atoms with Gasteiger partial charge in [-0.05, 0) is 43.9 Å². The molecule has 134 valence electrons. The lowest BCUT2D eigenvalue weighted by Gasteiger charge is -2.17. The fourth-order valence-corrected chi connectivity index (χ4v) is 3.33. The topological polar surface area (TPSA) is 75.1 Å². The number of likely N-dealkylation sites (tertiary alicyclic amines) is 1. The minimum Gasteiger partial charge on any atom is -0.337 e. The van der Waals surface area contributed by atoms with Crippen LogP contribution in [0.15, 0.2) is 30.5 Å². The molecule has 1 atom stereocenters. The van der Waals surface area contributed by atoms with Gasteiger partial charge in [-0.25, -0.2) is 4.79 Å². The van der Waals surface area contributed by atoms with Crippen molar-refractivity contribution in [2.45, 2.75) is 32.7 Å². The molecule has 3 rings (SSSR count). The number of benzene rings is 1. The number of nitrogens with zero attached hydrogens (tertiary/aromatic N) is 4. The first-order valence-corrected chi connectivity index (χ1v) is 8.88. The summed E-state index contributed by atoms with van der Waals surface area (Å²) in [6.07, 6.45) is 2.89. The monoisotopic (exact) mass is 342 g/mol. The second-order valence-electron chi connectivity index (χ2n) is 6.48. The van der Waals surface area contributed by atoms with Crippen LogP contribution in [0.3, 0.4) is 0 Å². The van der Waals surface area contributed by atoms with Gasteiger partial charge in [0.05, 0.1) is 6.20 Å².